The lowest BCUT2D eigenvalue weighted by atomic mass is 10.1. The molecule has 0 bridgehead atoms. The first-order valence-electron chi connectivity index (χ1n) is 10.9. The number of aryl methyl sites for hydroxylation is 1. The molecule has 2 aromatic heterocycles. The van der Waals surface area contributed by atoms with Crippen LogP contribution in [0.25, 0.3) is 0 Å². The number of ether oxygens (including phenoxy) is 1. The van der Waals surface area contributed by atoms with Crippen LogP contribution in [0, 0.1) is 12.8 Å². The molecular formula is C22H28N6O3S2. The normalized spacial score (nSPS) is 16.0. The number of thiazole rings is 1. The van der Waals surface area contributed by atoms with Gasteiger partial charge in [-0.15, -0.1) is 0 Å². The molecule has 1 aliphatic rings. The van der Waals surface area contributed by atoms with E-state index in [4.69, 9.17) is 4.74 Å². The third-order valence-electron chi connectivity index (χ3n) is 5.27. The van der Waals surface area contributed by atoms with E-state index in [1.807, 2.05) is 13.8 Å². The van der Waals surface area contributed by atoms with Crippen molar-refractivity contribution in [1.82, 2.24) is 20.3 Å². The Morgan fingerprint density at radius 2 is 2.09 bits per heavy atom. The molecule has 176 valence electrons. The summed E-state index contributed by atoms with van der Waals surface area (Å²) in [6, 6.07) is 8.29. The van der Waals surface area contributed by atoms with Gasteiger partial charge in [0.15, 0.2) is 5.13 Å². The first-order valence-corrected chi connectivity index (χ1v) is 13.2. The van der Waals surface area contributed by atoms with Gasteiger partial charge in [-0.2, -0.15) is 0 Å². The molecule has 11 heteroatoms. The minimum atomic E-state index is -3.70. The molecule has 3 aromatic rings. The van der Waals surface area contributed by atoms with Gasteiger partial charge in [-0.1, -0.05) is 17.4 Å². The van der Waals surface area contributed by atoms with Gasteiger partial charge in [0, 0.05) is 12.6 Å². The number of hydrogen-bond donors (Lipinski definition) is 3. The molecule has 1 aromatic carbocycles. The Balaban J connectivity index is 1.44. The first-order chi connectivity index (χ1) is 15.9. The predicted octanol–water partition coefficient (Wildman–Crippen LogP) is 3.63. The van der Waals surface area contributed by atoms with Crippen LogP contribution in [0.5, 0.6) is 5.75 Å². The van der Waals surface area contributed by atoms with Gasteiger partial charge in [-0.25, -0.2) is 23.4 Å². The lowest BCUT2D eigenvalue weighted by molar-refractivity contribution is 0.339. The summed E-state index contributed by atoms with van der Waals surface area (Å²) in [5.41, 5.74) is 0. The lowest BCUT2D eigenvalue weighted by Gasteiger charge is -2.11. The van der Waals surface area contributed by atoms with Gasteiger partial charge >= 0.3 is 0 Å². The maximum absolute atomic E-state index is 13.0. The van der Waals surface area contributed by atoms with Crippen molar-refractivity contribution < 1.29 is 13.2 Å². The van der Waals surface area contributed by atoms with Crippen molar-refractivity contribution >= 4 is 37.9 Å². The molecule has 0 aliphatic carbocycles. The second-order valence-corrected chi connectivity index (χ2v) is 11.0. The number of rotatable bonds is 10. The monoisotopic (exact) mass is 488 g/mol. The highest BCUT2D eigenvalue weighted by Gasteiger charge is 2.22. The van der Waals surface area contributed by atoms with Gasteiger partial charge in [-0.05, 0) is 63.9 Å². The Bertz CT molecular complexity index is 1190. The quantitative estimate of drug-likeness (QED) is 0.393. The third-order valence-corrected chi connectivity index (χ3v) is 8.40. The average Bonchev–Trinajstić information content (AvgIpc) is 3.46. The maximum atomic E-state index is 13.0. The van der Waals surface area contributed by atoms with Crippen LogP contribution < -0.4 is 20.7 Å². The number of aromatic nitrogens is 3. The molecule has 1 atom stereocenters. The molecule has 0 saturated carbocycles. The SMILES string of the molecule is CCOc1cccc(S(=O)(=O)c2cnc(Nc3cc(NCC[C@H]4CCNC4)nc(C)n3)s2)c1. The summed E-state index contributed by atoms with van der Waals surface area (Å²) >= 11 is 1.06. The van der Waals surface area contributed by atoms with Gasteiger partial charge in [-0.3, -0.25) is 0 Å². The lowest BCUT2D eigenvalue weighted by Crippen LogP contribution is -2.13. The largest absolute Gasteiger partial charge is 0.494 e. The Hall–Kier alpha value is -2.76. The minimum Gasteiger partial charge on any atom is -0.494 e. The van der Waals surface area contributed by atoms with Gasteiger partial charge < -0.3 is 20.7 Å². The van der Waals surface area contributed by atoms with Crippen molar-refractivity contribution in [2.45, 2.75) is 35.8 Å². The Labute approximate surface area is 198 Å². The molecule has 9 nitrogen and oxygen atoms in total. The van der Waals surface area contributed by atoms with E-state index in [2.05, 4.69) is 30.9 Å². The number of hydrogen-bond acceptors (Lipinski definition) is 10. The average molecular weight is 489 g/mol. The molecule has 1 aliphatic heterocycles. The van der Waals surface area contributed by atoms with Crippen LogP contribution in [-0.2, 0) is 9.84 Å². The standard InChI is InChI=1S/C22H28N6O3S2/c1-3-31-17-5-4-6-18(11-17)33(29,30)21-14-25-22(32-21)28-20-12-19(26-15(2)27-20)24-10-8-16-7-9-23-13-16/h4-6,11-12,14,16,23H,3,7-10,13H2,1-2H3,(H2,24,25,26,27,28)/t16-/m1/s1. The highest BCUT2D eigenvalue weighted by atomic mass is 32.2. The van der Waals surface area contributed by atoms with E-state index in [-0.39, 0.29) is 9.10 Å². The van der Waals surface area contributed by atoms with E-state index < -0.39 is 9.84 Å². The summed E-state index contributed by atoms with van der Waals surface area (Å²) in [5.74, 6) is 3.12. The van der Waals surface area contributed by atoms with Gasteiger partial charge in [0.2, 0.25) is 9.84 Å². The summed E-state index contributed by atoms with van der Waals surface area (Å²) in [6.07, 6.45) is 3.65. The van der Waals surface area contributed by atoms with Crippen molar-refractivity contribution in [3.8, 4) is 5.75 Å². The minimum absolute atomic E-state index is 0.146. The van der Waals surface area contributed by atoms with Crippen LogP contribution in [0.15, 0.2) is 45.6 Å². The highest BCUT2D eigenvalue weighted by Crippen LogP contribution is 2.31. The highest BCUT2D eigenvalue weighted by molar-refractivity contribution is 7.93. The molecule has 33 heavy (non-hydrogen) atoms. The van der Waals surface area contributed by atoms with Crippen LogP contribution in [0.4, 0.5) is 16.8 Å². The molecule has 0 amide bonds. The van der Waals surface area contributed by atoms with E-state index in [0.717, 1.165) is 43.2 Å². The Morgan fingerprint density at radius 3 is 2.88 bits per heavy atom. The number of sulfone groups is 1. The molecule has 0 spiro atoms. The van der Waals surface area contributed by atoms with Gasteiger partial charge in [0.1, 0.15) is 27.4 Å². The summed E-state index contributed by atoms with van der Waals surface area (Å²) in [7, 11) is -3.70. The third kappa shape index (κ3) is 5.98. The molecule has 4 rings (SSSR count). The Kier molecular flexibility index (Phi) is 7.41. The second kappa shape index (κ2) is 10.4. The zero-order valence-electron chi connectivity index (χ0n) is 18.7. The van der Waals surface area contributed by atoms with Gasteiger partial charge in [0.25, 0.3) is 0 Å². The Morgan fingerprint density at radius 1 is 1.24 bits per heavy atom. The number of nitrogens with one attached hydrogen (secondary N) is 3. The van der Waals surface area contributed by atoms with Crippen LogP contribution >= 0.6 is 11.3 Å². The molecule has 1 saturated heterocycles. The number of anilines is 3. The summed E-state index contributed by atoms with van der Waals surface area (Å²) in [6.45, 7) is 7.14. The van der Waals surface area contributed by atoms with E-state index in [0.29, 0.717) is 35.0 Å². The van der Waals surface area contributed by atoms with Crippen molar-refractivity contribution in [3.05, 3.63) is 42.4 Å². The summed E-state index contributed by atoms with van der Waals surface area (Å²) in [4.78, 5) is 13.3. The number of benzene rings is 1. The number of nitrogens with zero attached hydrogens (tertiary/aromatic N) is 3. The van der Waals surface area contributed by atoms with Crippen molar-refractivity contribution in [2.24, 2.45) is 5.92 Å². The molecule has 1 fully saturated rings. The van der Waals surface area contributed by atoms with E-state index in [9.17, 15) is 8.42 Å². The fraction of sp³-hybridized carbons (Fsp3) is 0.409. The molecule has 3 heterocycles. The van der Waals surface area contributed by atoms with Crippen molar-refractivity contribution in [3.63, 3.8) is 0 Å². The summed E-state index contributed by atoms with van der Waals surface area (Å²) in [5, 5.41) is 10.3. The van der Waals surface area contributed by atoms with E-state index in [1.165, 1.54) is 18.7 Å². The van der Waals surface area contributed by atoms with Crippen LogP contribution in [-0.4, -0.2) is 49.6 Å². The first kappa shape index (κ1) is 23.4. The molecular weight excluding hydrogens is 460 g/mol. The predicted molar refractivity (Wildman–Crippen MR) is 129 cm³/mol. The van der Waals surface area contributed by atoms with E-state index >= 15 is 0 Å². The van der Waals surface area contributed by atoms with Crippen LogP contribution in [0.1, 0.15) is 25.6 Å². The smallest absolute Gasteiger partial charge is 0.217 e. The second-order valence-electron chi connectivity index (χ2n) is 7.78. The zero-order chi connectivity index (χ0) is 23.3. The van der Waals surface area contributed by atoms with E-state index in [1.54, 1.807) is 24.3 Å². The molecule has 3 N–H and O–H groups in total. The maximum Gasteiger partial charge on any atom is 0.217 e. The molecule has 0 unspecified atom stereocenters. The topological polar surface area (TPSA) is 118 Å². The molecule has 0 radical (unpaired) electrons. The van der Waals surface area contributed by atoms with Crippen LogP contribution in [0.2, 0.25) is 0 Å². The summed E-state index contributed by atoms with van der Waals surface area (Å²) < 4.78 is 31.7. The fourth-order valence-corrected chi connectivity index (χ4v) is 6.13. The van der Waals surface area contributed by atoms with Gasteiger partial charge in [0.05, 0.1) is 17.7 Å². The fourth-order valence-electron chi connectivity index (χ4n) is 3.65. The van der Waals surface area contributed by atoms with Crippen LogP contribution in [0.3, 0.4) is 0 Å². The van der Waals surface area contributed by atoms with Crippen molar-refractivity contribution in [1.29, 1.82) is 0 Å². The zero-order valence-corrected chi connectivity index (χ0v) is 20.3. The van der Waals surface area contributed by atoms with Crippen molar-refractivity contribution in [2.75, 3.05) is 36.9 Å².